The van der Waals surface area contributed by atoms with E-state index in [0.717, 1.165) is 99.1 Å². The third-order valence-corrected chi connectivity index (χ3v) is 17.4. The number of phenolic OH excluding ortho intramolecular Hbond substituents is 2. The first-order valence-electron chi connectivity index (χ1n) is 28.8. The van der Waals surface area contributed by atoms with E-state index in [2.05, 4.69) is 107 Å². The number of aliphatic hydroxyl groups excluding tert-OH is 1. The molecule has 0 spiro atoms. The van der Waals surface area contributed by atoms with Gasteiger partial charge in [-0.05, 0) is 163 Å². The van der Waals surface area contributed by atoms with Crippen molar-refractivity contribution in [3.8, 4) is 39.9 Å². The van der Waals surface area contributed by atoms with Gasteiger partial charge in [0.2, 0.25) is 0 Å². The second-order valence-electron chi connectivity index (χ2n) is 23.6. The fraction of sp³-hybridized carbons (Fsp3) is 0.477. The highest BCUT2D eigenvalue weighted by molar-refractivity contribution is 5.90. The Balaban J connectivity index is 1.04. The Hall–Kier alpha value is -5.90. The van der Waals surface area contributed by atoms with E-state index >= 15 is 0 Å². The number of aromatic amines is 1. The van der Waals surface area contributed by atoms with Gasteiger partial charge in [0.25, 0.3) is 0 Å². The van der Waals surface area contributed by atoms with Crippen LogP contribution in [0.2, 0.25) is 0 Å². The number of nitrogens with one attached hydrogen (secondary N) is 5. The van der Waals surface area contributed by atoms with Crippen LogP contribution >= 0.6 is 0 Å². The van der Waals surface area contributed by atoms with E-state index in [1.165, 1.54) is 36.0 Å². The fourth-order valence-corrected chi connectivity index (χ4v) is 13.9. The van der Waals surface area contributed by atoms with Crippen molar-refractivity contribution in [3.63, 3.8) is 0 Å². The number of hydrogen-bond donors (Lipinski definition) is 9. The van der Waals surface area contributed by atoms with E-state index in [1.807, 2.05) is 31.3 Å². The number of methoxy groups -OCH3 is 1. The first kappa shape index (κ1) is 54.1. The fourth-order valence-electron chi connectivity index (χ4n) is 13.9. The minimum absolute atomic E-state index is 0.0335. The van der Waals surface area contributed by atoms with Gasteiger partial charge in [0.15, 0.2) is 17.6 Å². The zero-order valence-electron chi connectivity index (χ0n) is 46.1. The average molecular weight is 1060 g/mol. The van der Waals surface area contributed by atoms with Crippen LogP contribution in [0.25, 0.3) is 28.1 Å². The zero-order valence-corrected chi connectivity index (χ0v) is 46.1. The Bertz CT molecular complexity index is 3090. The molecule has 11 rings (SSSR count). The molecular weight excluding hydrogens is 979 g/mol. The summed E-state index contributed by atoms with van der Waals surface area (Å²) in [5.41, 5.74) is 10.9. The third-order valence-electron chi connectivity index (χ3n) is 17.4. The van der Waals surface area contributed by atoms with Crippen LogP contribution in [0, 0.1) is 5.92 Å². The molecule has 0 amide bonds. The molecule has 1 saturated carbocycles. The van der Waals surface area contributed by atoms with Crippen LogP contribution in [0.15, 0.2) is 96.7 Å². The molecule has 5 aromatic carbocycles. The van der Waals surface area contributed by atoms with Gasteiger partial charge in [-0.15, -0.1) is 0 Å². The molecule has 6 atom stereocenters. The van der Waals surface area contributed by atoms with Crippen LogP contribution in [0.1, 0.15) is 135 Å². The lowest BCUT2D eigenvalue weighted by Gasteiger charge is -2.48. The van der Waals surface area contributed by atoms with Crippen molar-refractivity contribution in [2.45, 2.75) is 139 Å². The number of ether oxygens (including phenoxy) is 4. The Kier molecular flexibility index (Phi) is 16.2. The van der Waals surface area contributed by atoms with Gasteiger partial charge in [0, 0.05) is 78.7 Å². The minimum atomic E-state index is -1.02. The van der Waals surface area contributed by atoms with E-state index in [9.17, 15) is 20.4 Å². The minimum Gasteiger partial charge on any atom is -0.507 e. The molecule has 0 radical (unpaired) electrons. The molecule has 0 saturated heterocycles. The van der Waals surface area contributed by atoms with Crippen LogP contribution in [-0.2, 0) is 30.4 Å². The largest absolute Gasteiger partial charge is 0.507 e. The van der Waals surface area contributed by atoms with Crippen LogP contribution < -0.4 is 35.5 Å². The number of aromatic hydroxyl groups is 2. The van der Waals surface area contributed by atoms with Gasteiger partial charge in [-0.25, -0.2) is 0 Å². The number of aryl methyl sites for hydroxylation is 1. The molecule has 9 N–H and O–H groups in total. The number of hydrogen-bond acceptors (Lipinski definition) is 12. The SMILES string of the molecule is COc1cc(C2Oc3c(c4c(c5c3CCC(CO)O5)-c3ccc(O)c5c3C(C4)C(c3ccc4[nH]ccc4c3)C(CNCCCc3ccccc3)=C5)CC2(CNCNCC(C)(O)CC(C)C)OCNC2CCCCC2)ccc1O. The molecule has 1 fully saturated rings. The summed E-state index contributed by atoms with van der Waals surface area (Å²) < 4.78 is 27.9. The normalized spacial score (nSPS) is 22.4. The van der Waals surface area contributed by atoms with Gasteiger partial charge in [-0.1, -0.05) is 81.6 Å². The van der Waals surface area contributed by atoms with E-state index in [1.54, 1.807) is 13.2 Å². The molecule has 6 unspecified atom stereocenters. The van der Waals surface area contributed by atoms with Crippen LogP contribution in [0.5, 0.6) is 28.7 Å². The summed E-state index contributed by atoms with van der Waals surface area (Å²) in [6.45, 7) is 9.02. The predicted octanol–water partition coefficient (Wildman–Crippen LogP) is 10.2. The van der Waals surface area contributed by atoms with E-state index in [-0.39, 0.29) is 29.9 Å². The number of H-pyrrole nitrogens is 1. The molecule has 6 aromatic rings. The lowest BCUT2D eigenvalue weighted by atomic mass is 9.62. The molecule has 1 aromatic heterocycles. The Labute approximate surface area is 460 Å². The maximum atomic E-state index is 12.0. The molecule has 2 aliphatic heterocycles. The second-order valence-corrected chi connectivity index (χ2v) is 23.6. The van der Waals surface area contributed by atoms with Gasteiger partial charge in [0.1, 0.15) is 29.0 Å². The Morgan fingerprint density at radius 3 is 2.49 bits per heavy atom. The van der Waals surface area contributed by atoms with Gasteiger partial charge in [-0.3, -0.25) is 5.32 Å². The van der Waals surface area contributed by atoms with Crippen molar-refractivity contribution in [1.82, 2.24) is 26.3 Å². The predicted molar refractivity (Wildman–Crippen MR) is 308 cm³/mol. The molecular formula is C65H81N5O8. The molecule has 5 aliphatic rings. The summed E-state index contributed by atoms with van der Waals surface area (Å²) in [6.07, 6.45) is 13.9. The first-order chi connectivity index (χ1) is 37.9. The summed E-state index contributed by atoms with van der Waals surface area (Å²) in [4.78, 5) is 3.41. The highest BCUT2D eigenvalue weighted by Crippen LogP contribution is 2.61. The maximum Gasteiger partial charge on any atom is 0.160 e. The average Bonchev–Trinajstić information content (AvgIpc) is 3.48. The van der Waals surface area contributed by atoms with Crippen molar-refractivity contribution >= 4 is 17.0 Å². The quantitative estimate of drug-likeness (QED) is 0.0232. The standard InChI is InChI=1S/C65H81N5O8/c1-40(2)32-64(3,74)36-67-38-68-37-65(76-39-70-46-15-9-6-10-16-46)33-53-50-31-52-58(43-17-22-54-42(28-43)25-27-69-54)45(34-66-26-11-14-41-12-7-5-8-13-41)29-51-55(72)24-21-48(59(51)52)60(50)62-49(20-19-47(35-71)77-62)61(53)78-63(65)44-18-23-56(73)57(30-44)75-4/h5,7-8,12-13,17-18,21-25,27-30,40,46-47,52,58,63,66-74H,6,9-11,14-16,19-20,26,31-39H2,1-4H3. The van der Waals surface area contributed by atoms with Crippen molar-refractivity contribution in [1.29, 1.82) is 0 Å². The molecule has 3 aliphatic carbocycles. The number of phenols is 2. The lowest BCUT2D eigenvalue weighted by Crippen LogP contribution is -2.56. The summed E-state index contributed by atoms with van der Waals surface area (Å²) in [6, 6.07) is 29.3. The lowest BCUT2D eigenvalue weighted by molar-refractivity contribution is -0.132. The molecule has 0 bridgehead atoms. The Morgan fingerprint density at radius 1 is 0.859 bits per heavy atom. The number of benzene rings is 5. The molecule has 414 valence electrons. The smallest absolute Gasteiger partial charge is 0.160 e. The number of aromatic nitrogens is 1. The van der Waals surface area contributed by atoms with Crippen LogP contribution in [-0.4, -0.2) is 102 Å². The van der Waals surface area contributed by atoms with Crippen LogP contribution in [0.4, 0.5) is 0 Å². The topological polar surface area (TPSA) is 182 Å². The summed E-state index contributed by atoms with van der Waals surface area (Å²) >= 11 is 0. The highest BCUT2D eigenvalue weighted by atomic mass is 16.6. The van der Waals surface area contributed by atoms with Gasteiger partial charge < -0.3 is 60.3 Å². The summed E-state index contributed by atoms with van der Waals surface area (Å²) in [7, 11) is 1.56. The highest BCUT2D eigenvalue weighted by Gasteiger charge is 2.51. The van der Waals surface area contributed by atoms with Crippen molar-refractivity contribution in [3.05, 3.63) is 141 Å². The number of fused-ring (bicyclic) bond motifs is 8. The molecule has 3 heterocycles. The molecule has 13 nitrogen and oxygen atoms in total. The van der Waals surface area contributed by atoms with Crippen molar-refractivity contribution < 1.29 is 39.4 Å². The van der Waals surface area contributed by atoms with Crippen molar-refractivity contribution in [2.24, 2.45) is 5.92 Å². The van der Waals surface area contributed by atoms with E-state index in [4.69, 9.17) is 18.9 Å². The van der Waals surface area contributed by atoms with Gasteiger partial charge in [0.05, 0.1) is 26.0 Å². The van der Waals surface area contributed by atoms with E-state index < -0.39 is 23.4 Å². The van der Waals surface area contributed by atoms with Crippen molar-refractivity contribution in [2.75, 3.05) is 53.3 Å². The number of aliphatic hydroxyl groups is 2. The molecule has 13 heteroatoms. The maximum absolute atomic E-state index is 12.0. The third kappa shape index (κ3) is 11.2. The van der Waals surface area contributed by atoms with Crippen LogP contribution in [0.3, 0.4) is 0 Å². The second kappa shape index (κ2) is 23.4. The number of rotatable bonds is 22. The van der Waals surface area contributed by atoms with E-state index in [0.29, 0.717) is 82.8 Å². The Morgan fingerprint density at radius 2 is 1.68 bits per heavy atom. The summed E-state index contributed by atoms with van der Waals surface area (Å²) in [5, 5.41) is 61.1. The zero-order chi connectivity index (χ0) is 54.0. The monoisotopic (exact) mass is 1060 g/mol. The molecule has 78 heavy (non-hydrogen) atoms. The summed E-state index contributed by atoms with van der Waals surface area (Å²) in [5.74, 6) is 2.34. The van der Waals surface area contributed by atoms with Gasteiger partial charge in [-0.2, -0.15) is 0 Å². The van der Waals surface area contributed by atoms with Gasteiger partial charge >= 0.3 is 0 Å². The first-order valence-corrected chi connectivity index (χ1v) is 28.8.